The molecule has 166 valence electrons. The molecule has 0 fully saturated rings. The number of para-hydroxylation sites is 1. The largest absolute Gasteiger partial charge is 0.451 e. The number of aromatic nitrogens is 2. The maximum Gasteiger partial charge on any atom is 0.359 e. The molecule has 0 bridgehead atoms. The van der Waals surface area contributed by atoms with E-state index in [1.54, 1.807) is 66.7 Å². The SMILES string of the molecule is O=C(COC(=O)c1nn(-c2ccccc2)c(=O)c2ccccc12)NCCc1ccc(F)cc1. The van der Waals surface area contributed by atoms with Gasteiger partial charge in [-0.1, -0.05) is 48.5 Å². The van der Waals surface area contributed by atoms with Gasteiger partial charge in [-0.25, -0.2) is 9.18 Å². The normalized spacial score (nSPS) is 10.7. The third kappa shape index (κ3) is 5.12. The molecule has 0 unspecified atom stereocenters. The summed E-state index contributed by atoms with van der Waals surface area (Å²) in [5.74, 6) is -1.62. The van der Waals surface area contributed by atoms with Gasteiger partial charge in [0.1, 0.15) is 5.82 Å². The molecule has 0 aliphatic rings. The zero-order chi connectivity index (χ0) is 23.2. The van der Waals surface area contributed by atoms with E-state index in [9.17, 15) is 18.8 Å². The van der Waals surface area contributed by atoms with E-state index in [4.69, 9.17) is 4.74 Å². The van der Waals surface area contributed by atoms with Crippen LogP contribution in [0.2, 0.25) is 0 Å². The highest BCUT2D eigenvalue weighted by atomic mass is 19.1. The van der Waals surface area contributed by atoms with E-state index in [1.807, 2.05) is 0 Å². The lowest BCUT2D eigenvalue weighted by atomic mass is 10.1. The number of halogens is 1. The van der Waals surface area contributed by atoms with Gasteiger partial charge in [0, 0.05) is 11.9 Å². The lowest BCUT2D eigenvalue weighted by Gasteiger charge is -2.11. The van der Waals surface area contributed by atoms with Gasteiger partial charge in [0.25, 0.3) is 11.5 Å². The maximum absolute atomic E-state index is 13.0. The van der Waals surface area contributed by atoms with Crippen LogP contribution in [0.15, 0.2) is 83.7 Å². The standard InChI is InChI=1S/C25H20FN3O4/c26-18-12-10-17(11-13-18)14-15-27-22(30)16-33-25(32)23-20-8-4-5-9-21(20)24(31)29(28-23)19-6-2-1-3-7-19/h1-13H,14-16H2,(H,27,30). The fourth-order valence-electron chi connectivity index (χ4n) is 3.33. The summed E-state index contributed by atoms with van der Waals surface area (Å²) in [7, 11) is 0. The number of hydrogen-bond acceptors (Lipinski definition) is 5. The Hall–Kier alpha value is -4.33. The van der Waals surface area contributed by atoms with Crippen molar-refractivity contribution < 1.29 is 18.7 Å². The van der Waals surface area contributed by atoms with Gasteiger partial charge < -0.3 is 10.1 Å². The van der Waals surface area contributed by atoms with Crippen molar-refractivity contribution in [3.63, 3.8) is 0 Å². The summed E-state index contributed by atoms with van der Waals surface area (Å²) in [5.41, 5.74) is 0.938. The molecule has 4 rings (SSSR count). The Kier molecular flexibility index (Phi) is 6.54. The summed E-state index contributed by atoms with van der Waals surface area (Å²) in [6.07, 6.45) is 0.508. The molecule has 1 aromatic heterocycles. The Morgan fingerprint density at radius 3 is 2.30 bits per heavy atom. The Morgan fingerprint density at radius 1 is 0.909 bits per heavy atom. The highest BCUT2D eigenvalue weighted by molar-refractivity contribution is 6.02. The lowest BCUT2D eigenvalue weighted by molar-refractivity contribution is -0.124. The highest BCUT2D eigenvalue weighted by Crippen LogP contribution is 2.16. The van der Waals surface area contributed by atoms with Gasteiger partial charge in [-0.05, 0) is 42.3 Å². The summed E-state index contributed by atoms with van der Waals surface area (Å²) >= 11 is 0. The second-order valence-corrected chi connectivity index (χ2v) is 7.25. The molecule has 0 radical (unpaired) electrons. The van der Waals surface area contributed by atoms with Crippen molar-refractivity contribution in [1.29, 1.82) is 0 Å². The van der Waals surface area contributed by atoms with Crippen molar-refractivity contribution in [2.75, 3.05) is 13.2 Å². The molecule has 33 heavy (non-hydrogen) atoms. The van der Waals surface area contributed by atoms with Crippen LogP contribution in [0.3, 0.4) is 0 Å². The van der Waals surface area contributed by atoms with Crippen LogP contribution in [-0.4, -0.2) is 34.8 Å². The Balaban J connectivity index is 1.46. The van der Waals surface area contributed by atoms with Crippen molar-refractivity contribution in [2.45, 2.75) is 6.42 Å². The van der Waals surface area contributed by atoms with Crippen LogP contribution in [0.25, 0.3) is 16.5 Å². The summed E-state index contributed by atoms with van der Waals surface area (Å²) in [4.78, 5) is 37.8. The molecular weight excluding hydrogens is 425 g/mol. The molecule has 0 spiro atoms. The lowest BCUT2D eigenvalue weighted by Crippen LogP contribution is -2.31. The average molecular weight is 445 g/mol. The molecular formula is C25H20FN3O4. The number of nitrogens with zero attached hydrogens (tertiary/aromatic N) is 2. The minimum absolute atomic E-state index is 0.0619. The van der Waals surface area contributed by atoms with Gasteiger partial charge >= 0.3 is 5.97 Å². The van der Waals surface area contributed by atoms with Gasteiger partial charge in [-0.3, -0.25) is 9.59 Å². The minimum Gasteiger partial charge on any atom is -0.451 e. The topological polar surface area (TPSA) is 90.3 Å². The van der Waals surface area contributed by atoms with Gasteiger partial charge in [-0.2, -0.15) is 9.78 Å². The number of fused-ring (bicyclic) bond motifs is 1. The van der Waals surface area contributed by atoms with Gasteiger partial charge in [0.2, 0.25) is 0 Å². The van der Waals surface area contributed by atoms with Crippen LogP contribution in [0.4, 0.5) is 4.39 Å². The average Bonchev–Trinajstić information content (AvgIpc) is 2.85. The third-order valence-electron chi connectivity index (χ3n) is 4.98. The molecule has 1 N–H and O–H groups in total. The van der Waals surface area contributed by atoms with Gasteiger partial charge in [0.05, 0.1) is 11.1 Å². The number of carbonyl (C=O) groups is 2. The van der Waals surface area contributed by atoms with Crippen LogP contribution < -0.4 is 10.9 Å². The second kappa shape index (κ2) is 9.86. The molecule has 7 nitrogen and oxygen atoms in total. The van der Waals surface area contributed by atoms with Crippen LogP contribution in [0.1, 0.15) is 16.1 Å². The summed E-state index contributed by atoms with van der Waals surface area (Å²) in [5, 5.41) is 7.53. The van der Waals surface area contributed by atoms with E-state index in [2.05, 4.69) is 10.4 Å². The monoisotopic (exact) mass is 445 g/mol. The van der Waals surface area contributed by atoms with E-state index in [1.165, 1.54) is 12.1 Å². The summed E-state index contributed by atoms with van der Waals surface area (Å²) < 4.78 is 19.3. The predicted molar refractivity (Wildman–Crippen MR) is 121 cm³/mol. The molecule has 3 aromatic carbocycles. The van der Waals surface area contributed by atoms with Crippen molar-refractivity contribution >= 4 is 22.6 Å². The first-order valence-electron chi connectivity index (χ1n) is 10.3. The molecule has 0 saturated carbocycles. The number of esters is 1. The molecule has 0 aliphatic carbocycles. The Bertz CT molecular complexity index is 1350. The molecule has 1 amide bonds. The van der Waals surface area contributed by atoms with Gasteiger partial charge in [-0.15, -0.1) is 0 Å². The zero-order valence-electron chi connectivity index (χ0n) is 17.5. The summed E-state index contributed by atoms with van der Waals surface area (Å²) in [6, 6.07) is 21.3. The van der Waals surface area contributed by atoms with Crippen molar-refractivity contribution in [3.05, 3.63) is 106 Å². The van der Waals surface area contributed by atoms with E-state index in [-0.39, 0.29) is 17.1 Å². The number of nitrogens with one attached hydrogen (secondary N) is 1. The zero-order valence-corrected chi connectivity index (χ0v) is 17.5. The van der Waals surface area contributed by atoms with Crippen LogP contribution >= 0.6 is 0 Å². The maximum atomic E-state index is 13.0. The van der Waals surface area contributed by atoms with E-state index >= 15 is 0 Å². The number of rotatable bonds is 7. The van der Waals surface area contributed by atoms with E-state index in [0.29, 0.717) is 29.4 Å². The van der Waals surface area contributed by atoms with Crippen molar-refractivity contribution in [2.24, 2.45) is 0 Å². The number of benzene rings is 3. The van der Waals surface area contributed by atoms with Crippen molar-refractivity contribution in [3.8, 4) is 5.69 Å². The van der Waals surface area contributed by atoms with E-state index in [0.717, 1.165) is 10.2 Å². The predicted octanol–water partition coefficient (Wildman–Crippen LogP) is 3.04. The fourth-order valence-corrected chi connectivity index (χ4v) is 3.33. The molecule has 0 saturated heterocycles. The van der Waals surface area contributed by atoms with Gasteiger partial charge in [0.15, 0.2) is 12.3 Å². The van der Waals surface area contributed by atoms with Crippen LogP contribution in [-0.2, 0) is 16.0 Å². The molecule has 0 atom stereocenters. The highest BCUT2D eigenvalue weighted by Gasteiger charge is 2.19. The molecule has 0 aliphatic heterocycles. The third-order valence-corrected chi connectivity index (χ3v) is 4.98. The van der Waals surface area contributed by atoms with Crippen LogP contribution in [0.5, 0.6) is 0 Å². The minimum atomic E-state index is -0.815. The molecule has 4 aromatic rings. The number of hydrogen-bond donors (Lipinski definition) is 1. The van der Waals surface area contributed by atoms with Crippen LogP contribution in [0, 0.1) is 5.82 Å². The number of ether oxygens (including phenoxy) is 1. The molecule has 1 heterocycles. The Labute approximate surface area is 188 Å². The fraction of sp³-hybridized carbons (Fsp3) is 0.120. The Morgan fingerprint density at radius 2 is 1.58 bits per heavy atom. The first kappa shape index (κ1) is 21.9. The number of amides is 1. The number of carbonyl (C=O) groups excluding carboxylic acids is 2. The quantitative estimate of drug-likeness (QED) is 0.442. The smallest absolute Gasteiger partial charge is 0.359 e. The second-order valence-electron chi connectivity index (χ2n) is 7.25. The summed E-state index contributed by atoms with van der Waals surface area (Å²) in [6.45, 7) is -0.190. The van der Waals surface area contributed by atoms with Crippen molar-refractivity contribution in [1.82, 2.24) is 15.1 Å². The molecule has 8 heteroatoms. The first-order chi connectivity index (χ1) is 16.0. The van der Waals surface area contributed by atoms with E-state index < -0.39 is 18.5 Å². The first-order valence-corrected chi connectivity index (χ1v) is 10.3.